The minimum atomic E-state index is -0.280. The van der Waals surface area contributed by atoms with Crippen LogP contribution in [0.5, 0.6) is 11.5 Å². The van der Waals surface area contributed by atoms with Crippen molar-refractivity contribution in [2.45, 2.75) is 0 Å². The predicted molar refractivity (Wildman–Crippen MR) is 87.1 cm³/mol. The lowest BCUT2D eigenvalue weighted by atomic mass is 10.1. The minimum Gasteiger partial charge on any atom is -0.497 e. The maximum Gasteiger partial charge on any atom is 0.255 e. The summed E-state index contributed by atoms with van der Waals surface area (Å²) in [6.45, 7) is 0. The van der Waals surface area contributed by atoms with Crippen molar-refractivity contribution in [2.24, 2.45) is 0 Å². The fourth-order valence-corrected chi connectivity index (χ4v) is 2.16. The van der Waals surface area contributed by atoms with Gasteiger partial charge >= 0.3 is 0 Å². The Morgan fingerprint density at radius 1 is 1.08 bits per heavy atom. The first-order chi connectivity index (χ1) is 11.7. The van der Waals surface area contributed by atoms with Crippen LogP contribution in [0.3, 0.4) is 0 Å². The lowest BCUT2D eigenvalue weighted by Gasteiger charge is -2.09. The first kappa shape index (κ1) is 15.5. The van der Waals surface area contributed by atoms with Crippen LogP contribution in [0.25, 0.3) is 11.4 Å². The van der Waals surface area contributed by atoms with Gasteiger partial charge in [-0.2, -0.15) is 5.21 Å². The third-order valence-corrected chi connectivity index (χ3v) is 3.34. The molecule has 1 amide bonds. The molecule has 2 aromatic carbocycles. The molecule has 0 bridgehead atoms. The zero-order chi connectivity index (χ0) is 16.9. The molecule has 2 N–H and O–H groups in total. The van der Waals surface area contributed by atoms with Gasteiger partial charge in [0.2, 0.25) is 5.82 Å². The molecule has 8 nitrogen and oxygen atoms in total. The Hall–Kier alpha value is -3.42. The van der Waals surface area contributed by atoms with Crippen molar-refractivity contribution in [3.63, 3.8) is 0 Å². The molecule has 0 saturated carbocycles. The van der Waals surface area contributed by atoms with Crippen LogP contribution in [0.15, 0.2) is 42.5 Å². The summed E-state index contributed by atoms with van der Waals surface area (Å²) in [4.78, 5) is 12.5. The average molecular weight is 325 g/mol. The van der Waals surface area contributed by atoms with Gasteiger partial charge in [0.15, 0.2) is 0 Å². The standard InChI is InChI=1S/C16H15N5O3/c1-23-13-7-11(8-14(9-13)24-2)16(22)17-12-5-3-4-10(6-12)15-18-20-21-19-15/h3-9H,1-2H3,(H,17,22)(H,18,19,20,21). The summed E-state index contributed by atoms with van der Waals surface area (Å²) in [7, 11) is 3.07. The number of hydrogen-bond acceptors (Lipinski definition) is 6. The molecule has 24 heavy (non-hydrogen) atoms. The third-order valence-electron chi connectivity index (χ3n) is 3.34. The van der Waals surface area contributed by atoms with Gasteiger partial charge in [-0.3, -0.25) is 4.79 Å². The number of nitrogens with one attached hydrogen (secondary N) is 2. The number of ether oxygens (including phenoxy) is 2. The van der Waals surface area contributed by atoms with Crippen molar-refractivity contribution >= 4 is 11.6 Å². The van der Waals surface area contributed by atoms with E-state index < -0.39 is 0 Å². The lowest BCUT2D eigenvalue weighted by Crippen LogP contribution is -2.12. The normalized spacial score (nSPS) is 10.2. The van der Waals surface area contributed by atoms with Gasteiger partial charge in [0.05, 0.1) is 14.2 Å². The SMILES string of the molecule is COc1cc(OC)cc(C(=O)Nc2cccc(-c3nn[nH]n3)c2)c1. The molecule has 0 aliphatic rings. The largest absolute Gasteiger partial charge is 0.497 e. The highest BCUT2D eigenvalue weighted by molar-refractivity contribution is 6.05. The quantitative estimate of drug-likeness (QED) is 0.745. The number of anilines is 1. The van der Waals surface area contributed by atoms with Crippen LogP contribution >= 0.6 is 0 Å². The third kappa shape index (κ3) is 3.32. The molecule has 1 aromatic heterocycles. The minimum absolute atomic E-state index is 0.280. The van der Waals surface area contributed by atoms with Crippen molar-refractivity contribution in [2.75, 3.05) is 19.5 Å². The topological polar surface area (TPSA) is 102 Å². The Morgan fingerprint density at radius 2 is 1.83 bits per heavy atom. The van der Waals surface area contributed by atoms with E-state index in [-0.39, 0.29) is 5.91 Å². The van der Waals surface area contributed by atoms with Crippen molar-refractivity contribution < 1.29 is 14.3 Å². The van der Waals surface area contributed by atoms with Gasteiger partial charge in [-0.05, 0) is 29.5 Å². The number of aromatic nitrogens is 4. The molecule has 0 aliphatic heterocycles. The van der Waals surface area contributed by atoms with E-state index in [2.05, 4.69) is 25.9 Å². The number of methoxy groups -OCH3 is 2. The van der Waals surface area contributed by atoms with Crippen LogP contribution in [0.1, 0.15) is 10.4 Å². The maximum absolute atomic E-state index is 12.5. The van der Waals surface area contributed by atoms with E-state index in [1.54, 1.807) is 36.4 Å². The Labute approximate surface area is 137 Å². The number of nitrogens with zero attached hydrogens (tertiary/aromatic N) is 3. The van der Waals surface area contributed by atoms with Crippen molar-refractivity contribution in [1.82, 2.24) is 20.6 Å². The summed E-state index contributed by atoms with van der Waals surface area (Å²) < 4.78 is 10.4. The fourth-order valence-electron chi connectivity index (χ4n) is 2.16. The first-order valence-corrected chi connectivity index (χ1v) is 7.08. The highest BCUT2D eigenvalue weighted by Crippen LogP contribution is 2.24. The molecule has 0 spiro atoms. The van der Waals surface area contributed by atoms with Crippen LogP contribution in [-0.4, -0.2) is 40.8 Å². The number of aromatic amines is 1. The van der Waals surface area contributed by atoms with Crippen LogP contribution in [0.2, 0.25) is 0 Å². The molecule has 3 rings (SSSR count). The number of carbonyl (C=O) groups excluding carboxylic acids is 1. The van der Waals surface area contributed by atoms with E-state index in [0.29, 0.717) is 28.6 Å². The molecule has 0 saturated heterocycles. The molecule has 0 atom stereocenters. The number of carbonyl (C=O) groups is 1. The number of rotatable bonds is 5. The molecule has 0 unspecified atom stereocenters. The molecule has 1 heterocycles. The summed E-state index contributed by atoms with van der Waals surface area (Å²) in [5.74, 6) is 1.26. The molecule has 122 valence electrons. The van der Waals surface area contributed by atoms with Crippen molar-refractivity contribution in [1.29, 1.82) is 0 Å². The zero-order valence-electron chi connectivity index (χ0n) is 13.1. The van der Waals surface area contributed by atoms with Gasteiger partial charge in [-0.1, -0.05) is 12.1 Å². The van der Waals surface area contributed by atoms with E-state index in [1.807, 2.05) is 6.07 Å². The molecule has 0 radical (unpaired) electrons. The molecule has 3 aromatic rings. The summed E-state index contributed by atoms with van der Waals surface area (Å²) in [5, 5.41) is 16.6. The monoisotopic (exact) mass is 325 g/mol. The van der Waals surface area contributed by atoms with Crippen molar-refractivity contribution in [3.05, 3.63) is 48.0 Å². The lowest BCUT2D eigenvalue weighted by molar-refractivity contribution is 0.102. The summed E-state index contributed by atoms with van der Waals surface area (Å²) in [6.07, 6.45) is 0. The van der Waals surface area contributed by atoms with E-state index in [4.69, 9.17) is 9.47 Å². The van der Waals surface area contributed by atoms with E-state index in [1.165, 1.54) is 14.2 Å². The van der Waals surface area contributed by atoms with Crippen LogP contribution in [0.4, 0.5) is 5.69 Å². The number of hydrogen-bond donors (Lipinski definition) is 2. The highest BCUT2D eigenvalue weighted by atomic mass is 16.5. The number of tetrazole rings is 1. The van der Waals surface area contributed by atoms with Gasteiger partial charge in [-0.15, -0.1) is 10.2 Å². The van der Waals surface area contributed by atoms with Crippen LogP contribution in [0, 0.1) is 0 Å². The number of benzene rings is 2. The second-order valence-electron chi connectivity index (χ2n) is 4.87. The second kappa shape index (κ2) is 6.78. The molecular formula is C16H15N5O3. The van der Waals surface area contributed by atoms with Crippen LogP contribution < -0.4 is 14.8 Å². The van der Waals surface area contributed by atoms with Gasteiger partial charge in [0.25, 0.3) is 5.91 Å². The Morgan fingerprint density at radius 3 is 2.46 bits per heavy atom. The molecule has 8 heteroatoms. The smallest absolute Gasteiger partial charge is 0.255 e. The molecular weight excluding hydrogens is 310 g/mol. The van der Waals surface area contributed by atoms with E-state index in [9.17, 15) is 4.79 Å². The average Bonchev–Trinajstić information content (AvgIpc) is 3.16. The Kier molecular flexibility index (Phi) is 4.37. The highest BCUT2D eigenvalue weighted by Gasteiger charge is 2.11. The van der Waals surface area contributed by atoms with Crippen molar-refractivity contribution in [3.8, 4) is 22.9 Å². The predicted octanol–water partition coefficient (Wildman–Crippen LogP) is 2.14. The van der Waals surface area contributed by atoms with Gasteiger partial charge in [-0.25, -0.2) is 0 Å². The zero-order valence-corrected chi connectivity index (χ0v) is 13.1. The Balaban J connectivity index is 1.84. The maximum atomic E-state index is 12.5. The van der Waals surface area contributed by atoms with E-state index >= 15 is 0 Å². The summed E-state index contributed by atoms with van der Waals surface area (Å²) >= 11 is 0. The molecule has 0 aliphatic carbocycles. The summed E-state index contributed by atoms with van der Waals surface area (Å²) in [6, 6.07) is 12.1. The van der Waals surface area contributed by atoms with Gasteiger partial charge in [0, 0.05) is 22.9 Å². The van der Waals surface area contributed by atoms with Gasteiger partial charge in [0.1, 0.15) is 11.5 Å². The van der Waals surface area contributed by atoms with E-state index in [0.717, 1.165) is 5.56 Å². The summed E-state index contributed by atoms with van der Waals surface area (Å²) in [5.41, 5.74) is 1.78. The number of H-pyrrole nitrogens is 1. The van der Waals surface area contributed by atoms with Crippen LogP contribution in [-0.2, 0) is 0 Å². The Bertz CT molecular complexity index is 826. The molecule has 0 fully saturated rings. The second-order valence-corrected chi connectivity index (χ2v) is 4.87. The van der Waals surface area contributed by atoms with Gasteiger partial charge < -0.3 is 14.8 Å². The first-order valence-electron chi connectivity index (χ1n) is 7.08. The number of amides is 1. The fraction of sp³-hybridized carbons (Fsp3) is 0.125.